The molecule has 0 N–H and O–H groups in total. The Hall–Kier alpha value is -5.84. The SMILES string of the molecule is N#Cc1cccc(-n2c3ccccc3c3cc(-c4ccc(-n5c6c(c7cc(C#N)ccc75)CCC=C6)cc4)ccc32)c1. The average Bonchev–Trinajstić information content (AvgIpc) is 3.57. The first-order valence-electron chi connectivity index (χ1n) is 14.1. The molecular weight excluding hydrogens is 512 g/mol. The molecule has 1 aliphatic carbocycles. The van der Waals surface area contributed by atoms with E-state index in [1.54, 1.807) is 0 Å². The van der Waals surface area contributed by atoms with E-state index in [-0.39, 0.29) is 0 Å². The molecule has 0 saturated heterocycles. The summed E-state index contributed by atoms with van der Waals surface area (Å²) in [6.07, 6.45) is 6.45. The number of aromatic nitrogens is 2. The minimum absolute atomic E-state index is 0.646. The van der Waals surface area contributed by atoms with Crippen LogP contribution in [0.2, 0.25) is 0 Å². The molecule has 0 amide bonds. The van der Waals surface area contributed by atoms with Crippen LogP contribution in [0.15, 0.2) is 115 Å². The smallest absolute Gasteiger partial charge is 0.0992 e. The number of rotatable bonds is 3. The average molecular weight is 537 g/mol. The fraction of sp³-hybridized carbons (Fsp3) is 0.0526. The van der Waals surface area contributed by atoms with Gasteiger partial charge in [-0.2, -0.15) is 10.5 Å². The molecule has 0 radical (unpaired) electrons. The van der Waals surface area contributed by atoms with Crippen molar-refractivity contribution in [2.45, 2.75) is 12.8 Å². The Morgan fingerprint density at radius 1 is 0.548 bits per heavy atom. The number of hydrogen-bond acceptors (Lipinski definition) is 2. The van der Waals surface area contributed by atoms with Crippen LogP contribution in [0.1, 0.15) is 28.8 Å². The number of benzene rings is 5. The number of nitriles is 2. The molecule has 2 heterocycles. The van der Waals surface area contributed by atoms with Crippen molar-refractivity contribution in [3.63, 3.8) is 0 Å². The highest BCUT2D eigenvalue weighted by molar-refractivity contribution is 6.10. The molecular formula is C38H24N4. The van der Waals surface area contributed by atoms with Gasteiger partial charge in [-0.05, 0) is 102 Å². The summed E-state index contributed by atoms with van der Waals surface area (Å²) in [5.41, 5.74) is 11.6. The number of fused-ring (bicyclic) bond motifs is 6. The summed E-state index contributed by atoms with van der Waals surface area (Å²) in [6, 6.07) is 42.2. The fourth-order valence-corrected chi connectivity index (χ4v) is 6.53. The molecule has 0 unspecified atom stereocenters. The van der Waals surface area contributed by atoms with Crippen LogP contribution in [0.4, 0.5) is 0 Å². The van der Waals surface area contributed by atoms with Gasteiger partial charge in [0.2, 0.25) is 0 Å². The molecule has 0 fully saturated rings. The lowest BCUT2D eigenvalue weighted by molar-refractivity contribution is 0.967. The van der Waals surface area contributed by atoms with Gasteiger partial charge >= 0.3 is 0 Å². The summed E-state index contributed by atoms with van der Waals surface area (Å²) in [5, 5.41) is 22.5. The Bertz CT molecular complexity index is 2310. The number of hydrogen-bond donors (Lipinski definition) is 0. The van der Waals surface area contributed by atoms with Crippen LogP contribution in [0.5, 0.6) is 0 Å². The molecule has 0 saturated carbocycles. The van der Waals surface area contributed by atoms with Crippen LogP contribution in [0.3, 0.4) is 0 Å². The quantitative estimate of drug-likeness (QED) is 0.226. The van der Waals surface area contributed by atoms with Crippen LogP contribution in [-0.4, -0.2) is 9.13 Å². The molecule has 7 aromatic rings. The van der Waals surface area contributed by atoms with Gasteiger partial charge in [-0.15, -0.1) is 0 Å². The maximum absolute atomic E-state index is 9.49. The zero-order valence-corrected chi connectivity index (χ0v) is 22.8. The summed E-state index contributed by atoms with van der Waals surface area (Å²) >= 11 is 0. The van der Waals surface area contributed by atoms with E-state index in [1.807, 2.05) is 30.3 Å². The summed E-state index contributed by atoms with van der Waals surface area (Å²) in [5.74, 6) is 0. The van der Waals surface area contributed by atoms with Gasteiger partial charge in [-0.1, -0.05) is 48.5 Å². The predicted octanol–water partition coefficient (Wildman–Crippen LogP) is 9.10. The van der Waals surface area contributed by atoms with Gasteiger partial charge in [0.05, 0.1) is 39.8 Å². The molecule has 0 bridgehead atoms. The molecule has 1 aliphatic rings. The normalized spacial score (nSPS) is 12.4. The van der Waals surface area contributed by atoms with Crippen LogP contribution < -0.4 is 0 Å². The Balaban J connectivity index is 1.25. The number of nitrogens with zero attached hydrogens (tertiary/aromatic N) is 4. The third-order valence-corrected chi connectivity index (χ3v) is 8.44. The van der Waals surface area contributed by atoms with Crippen molar-refractivity contribution in [1.29, 1.82) is 10.5 Å². The summed E-state index contributed by atoms with van der Waals surface area (Å²) in [7, 11) is 0. The van der Waals surface area contributed by atoms with E-state index in [4.69, 9.17) is 0 Å². The molecule has 42 heavy (non-hydrogen) atoms. The third kappa shape index (κ3) is 3.60. The van der Waals surface area contributed by atoms with E-state index >= 15 is 0 Å². The molecule has 4 nitrogen and oxygen atoms in total. The molecule has 196 valence electrons. The summed E-state index contributed by atoms with van der Waals surface area (Å²) in [6.45, 7) is 0. The van der Waals surface area contributed by atoms with E-state index in [9.17, 15) is 10.5 Å². The van der Waals surface area contributed by atoms with Crippen molar-refractivity contribution in [2.75, 3.05) is 0 Å². The number of para-hydroxylation sites is 1. The Kier molecular flexibility index (Phi) is 5.36. The van der Waals surface area contributed by atoms with E-state index in [0.717, 1.165) is 51.9 Å². The minimum Gasteiger partial charge on any atom is -0.310 e. The van der Waals surface area contributed by atoms with Crippen molar-refractivity contribution in [3.8, 4) is 34.6 Å². The van der Waals surface area contributed by atoms with E-state index < -0.39 is 0 Å². The molecule has 0 spiro atoms. The van der Waals surface area contributed by atoms with Gasteiger partial charge in [-0.25, -0.2) is 0 Å². The van der Waals surface area contributed by atoms with Crippen LogP contribution in [0, 0.1) is 22.7 Å². The number of allylic oxidation sites excluding steroid dienone is 1. The Labute approximate surface area is 243 Å². The molecule has 0 atom stereocenters. The second-order valence-corrected chi connectivity index (χ2v) is 10.8. The molecule has 5 aromatic carbocycles. The topological polar surface area (TPSA) is 57.4 Å². The second-order valence-electron chi connectivity index (χ2n) is 10.8. The maximum atomic E-state index is 9.49. The van der Waals surface area contributed by atoms with E-state index in [2.05, 4.69) is 112 Å². The van der Waals surface area contributed by atoms with Crippen molar-refractivity contribution in [3.05, 3.63) is 138 Å². The zero-order valence-electron chi connectivity index (χ0n) is 22.8. The van der Waals surface area contributed by atoms with Crippen molar-refractivity contribution < 1.29 is 0 Å². The minimum atomic E-state index is 0.646. The first-order chi connectivity index (χ1) is 20.7. The summed E-state index contributed by atoms with van der Waals surface area (Å²) in [4.78, 5) is 0. The maximum Gasteiger partial charge on any atom is 0.0992 e. The first kappa shape index (κ1) is 24.0. The van der Waals surface area contributed by atoms with Crippen molar-refractivity contribution >= 4 is 38.8 Å². The molecule has 2 aromatic heterocycles. The van der Waals surface area contributed by atoms with Gasteiger partial charge in [0, 0.05) is 33.2 Å². The lowest BCUT2D eigenvalue weighted by atomic mass is 10.00. The highest BCUT2D eigenvalue weighted by Crippen LogP contribution is 2.37. The van der Waals surface area contributed by atoms with Crippen LogP contribution in [-0.2, 0) is 6.42 Å². The highest BCUT2D eigenvalue weighted by Gasteiger charge is 2.19. The van der Waals surface area contributed by atoms with Gasteiger partial charge < -0.3 is 9.13 Å². The Morgan fingerprint density at radius 3 is 2.14 bits per heavy atom. The predicted molar refractivity (Wildman–Crippen MR) is 170 cm³/mol. The summed E-state index contributed by atoms with van der Waals surface area (Å²) < 4.78 is 4.56. The molecule has 8 rings (SSSR count). The fourth-order valence-electron chi connectivity index (χ4n) is 6.53. The Morgan fingerprint density at radius 2 is 1.29 bits per heavy atom. The van der Waals surface area contributed by atoms with Gasteiger partial charge in [0.25, 0.3) is 0 Å². The lowest BCUT2D eigenvalue weighted by Crippen LogP contribution is -2.00. The van der Waals surface area contributed by atoms with Crippen molar-refractivity contribution in [2.24, 2.45) is 0 Å². The number of aryl methyl sites for hydroxylation is 1. The van der Waals surface area contributed by atoms with E-state index in [0.29, 0.717) is 11.1 Å². The van der Waals surface area contributed by atoms with Crippen LogP contribution in [0.25, 0.3) is 61.3 Å². The van der Waals surface area contributed by atoms with Gasteiger partial charge in [-0.3, -0.25) is 0 Å². The monoisotopic (exact) mass is 536 g/mol. The largest absolute Gasteiger partial charge is 0.310 e. The highest BCUT2D eigenvalue weighted by atomic mass is 15.0. The molecule has 0 aliphatic heterocycles. The standard InChI is InChI=1S/C38H24N4/c39-23-25-6-5-7-30(20-25)42-36-11-4-2-9-32(36)34-22-28(15-19-38(34)42)27-13-16-29(17-14-27)41-35-10-3-1-8-31(35)33-21-26(24-40)12-18-37(33)41/h2-7,9-22H,1,8H2. The third-order valence-electron chi connectivity index (χ3n) is 8.44. The molecule has 4 heteroatoms. The van der Waals surface area contributed by atoms with Gasteiger partial charge in [0.15, 0.2) is 0 Å². The van der Waals surface area contributed by atoms with Crippen LogP contribution >= 0.6 is 0 Å². The first-order valence-corrected chi connectivity index (χ1v) is 14.1. The van der Waals surface area contributed by atoms with E-state index in [1.165, 1.54) is 27.4 Å². The lowest BCUT2D eigenvalue weighted by Gasteiger charge is -2.13. The second kappa shape index (κ2) is 9.37. The van der Waals surface area contributed by atoms with Gasteiger partial charge in [0.1, 0.15) is 0 Å². The van der Waals surface area contributed by atoms with Crippen molar-refractivity contribution in [1.82, 2.24) is 9.13 Å². The zero-order chi connectivity index (χ0) is 28.2.